The summed E-state index contributed by atoms with van der Waals surface area (Å²) in [5, 5.41) is 11.5. The minimum atomic E-state index is -0.598. The van der Waals surface area contributed by atoms with Gasteiger partial charge in [0.05, 0.1) is 10.5 Å². The predicted octanol–water partition coefficient (Wildman–Crippen LogP) is 4.11. The van der Waals surface area contributed by atoms with E-state index in [4.69, 9.17) is 4.74 Å². The van der Waals surface area contributed by atoms with Crippen LogP contribution in [0, 0.1) is 17.0 Å². The molecule has 2 aromatic rings. The molecule has 0 amide bonds. The lowest BCUT2D eigenvalue weighted by Crippen LogP contribution is -2.30. The van der Waals surface area contributed by atoms with Gasteiger partial charge in [-0.2, -0.15) is 0 Å². The Labute approximate surface area is 146 Å². The van der Waals surface area contributed by atoms with E-state index >= 15 is 0 Å². The van der Waals surface area contributed by atoms with Crippen molar-refractivity contribution in [3.63, 3.8) is 0 Å². The smallest absolute Gasteiger partial charge is 0.343 e. The van der Waals surface area contributed by atoms with E-state index in [1.807, 2.05) is 17.9 Å². The van der Waals surface area contributed by atoms with Crippen LogP contribution >= 0.6 is 0 Å². The topological polar surface area (TPSA) is 72.7 Å². The molecule has 6 nitrogen and oxygen atoms in total. The third-order valence-corrected chi connectivity index (χ3v) is 4.30. The van der Waals surface area contributed by atoms with E-state index in [1.54, 1.807) is 30.3 Å². The largest absolute Gasteiger partial charge is 0.423 e. The van der Waals surface area contributed by atoms with Gasteiger partial charge >= 0.3 is 5.97 Å². The molecule has 1 saturated heterocycles. The van der Waals surface area contributed by atoms with Crippen LogP contribution < -0.4 is 9.64 Å². The van der Waals surface area contributed by atoms with Crippen molar-refractivity contribution >= 4 is 17.3 Å². The van der Waals surface area contributed by atoms with Gasteiger partial charge in [-0.25, -0.2) is 4.79 Å². The number of nitrogens with zero attached hydrogens (tertiary/aromatic N) is 2. The molecule has 2 aromatic carbocycles. The van der Waals surface area contributed by atoms with Gasteiger partial charge in [-0.05, 0) is 56.0 Å². The summed E-state index contributed by atoms with van der Waals surface area (Å²) in [4.78, 5) is 25.4. The Morgan fingerprint density at radius 3 is 2.56 bits per heavy atom. The standard InChI is InChI=1S/C19H20N2O4/c1-14-6-5-7-16(12-14)25-19(22)15-8-9-17(18(13-15)21(23)24)20-10-3-2-4-11-20/h5-9,12-13H,2-4,10-11H2,1H3. The van der Waals surface area contributed by atoms with Crippen molar-refractivity contribution in [3.05, 3.63) is 63.7 Å². The summed E-state index contributed by atoms with van der Waals surface area (Å²) in [6, 6.07) is 11.7. The number of benzene rings is 2. The van der Waals surface area contributed by atoms with Crippen LogP contribution in [0.15, 0.2) is 42.5 Å². The van der Waals surface area contributed by atoms with Crippen molar-refractivity contribution in [2.24, 2.45) is 0 Å². The minimum Gasteiger partial charge on any atom is -0.423 e. The van der Waals surface area contributed by atoms with Gasteiger partial charge in [0, 0.05) is 19.2 Å². The maximum atomic E-state index is 12.3. The summed E-state index contributed by atoms with van der Waals surface area (Å²) in [5.74, 6) is -0.174. The number of piperidine rings is 1. The highest BCUT2D eigenvalue weighted by molar-refractivity contribution is 5.93. The zero-order valence-electron chi connectivity index (χ0n) is 14.1. The monoisotopic (exact) mass is 340 g/mol. The average Bonchev–Trinajstić information content (AvgIpc) is 2.62. The highest BCUT2D eigenvalue weighted by Gasteiger charge is 2.23. The fourth-order valence-corrected chi connectivity index (χ4v) is 3.04. The summed E-state index contributed by atoms with van der Waals surface area (Å²) in [6.45, 7) is 3.50. The number of hydrogen-bond acceptors (Lipinski definition) is 5. The number of anilines is 1. The molecule has 130 valence electrons. The summed E-state index contributed by atoms with van der Waals surface area (Å²) in [5.41, 5.74) is 1.66. The van der Waals surface area contributed by atoms with Crippen molar-refractivity contribution in [2.45, 2.75) is 26.2 Å². The molecule has 0 atom stereocenters. The van der Waals surface area contributed by atoms with Crippen molar-refractivity contribution in [3.8, 4) is 5.75 Å². The Bertz CT molecular complexity index is 798. The molecule has 0 bridgehead atoms. The summed E-state index contributed by atoms with van der Waals surface area (Å²) in [6.07, 6.45) is 3.19. The molecule has 0 aromatic heterocycles. The number of hydrogen-bond donors (Lipinski definition) is 0. The maximum Gasteiger partial charge on any atom is 0.343 e. The number of carbonyl (C=O) groups excluding carboxylic acids is 1. The molecule has 0 radical (unpaired) electrons. The van der Waals surface area contributed by atoms with E-state index < -0.39 is 10.9 Å². The van der Waals surface area contributed by atoms with Crippen molar-refractivity contribution in [1.82, 2.24) is 0 Å². The van der Waals surface area contributed by atoms with Gasteiger partial charge in [0.1, 0.15) is 11.4 Å². The molecule has 1 fully saturated rings. The van der Waals surface area contributed by atoms with Gasteiger partial charge in [0.2, 0.25) is 0 Å². The lowest BCUT2D eigenvalue weighted by Gasteiger charge is -2.28. The molecule has 1 aliphatic rings. The molecular weight excluding hydrogens is 320 g/mol. The molecule has 3 rings (SSSR count). The van der Waals surface area contributed by atoms with E-state index in [2.05, 4.69) is 0 Å². The first-order valence-electron chi connectivity index (χ1n) is 8.37. The van der Waals surface area contributed by atoms with Crippen molar-refractivity contribution in [1.29, 1.82) is 0 Å². The van der Waals surface area contributed by atoms with Gasteiger partial charge in [0.15, 0.2) is 0 Å². The maximum absolute atomic E-state index is 12.3. The van der Waals surface area contributed by atoms with Gasteiger partial charge < -0.3 is 9.64 Å². The van der Waals surface area contributed by atoms with E-state index in [1.165, 1.54) is 6.07 Å². The Balaban J connectivity index is 1.85. The second kappa shape index (κ2) is 7.34. The van der Waals surface area contributed by atoms with E-state index in [9.17, 15) is 14.9 Å². The first-order chi connectivity index (χ1) is 12.0. The minimum absolute atomic E-state index is 0.0550. The Morgan fingerprint density at radius 1 is 1.12 bits per heavy atom. The number of ether oxygens (including phenoxy) is 1. The SMILES string of the molecule is Cc1cccc(OC(=O)c2ccc(N3CCCCC3)c([N+](=O)[O-])c2)c1. The molecule has 1 heterocycles. The second-order valence-electron chi connectivity index (χ2n) is 6.21. The van der Waals surface area contributed by atoms with E-state index in [-0.39, 0.29) is 11.3 Å². The van der Waals surface area contributed by atoms with Gasteiger partial charge in [-0.15, -0.1) is 0 Å². The van der Waals surface area contributed by atoms with Gasteiger partial charge in [-0.1, -0.05) is 12.1 Å². The van der Waals surface area contributed by atoms with Crippen LogP contribution in [0.1, 0.15) is 35.2 Å². The Hall–Kier alpha value is -2.89. The van der Waals surface area contributed by atoms with Crippen LogP contribution in [0.4, 0.5) is 11.4 Å². The molecular formula is C19H20N2O4. The van der Waals surface area contributed by atoms with Gasteiger partial charge in [-0.3, -0.25) is 10.1 Å². The number of rotatable bonds is 4. The zero-order chi connectivity index (χ0) is 17.8. The number of aryl methyl sites for hydroxylation is 1. The van der Waals surface area contributed by atoms with Crippen LogP contribution in [0.25, 0.3) is 0 Å². The summed E-state index contributed by atoms with van der Waals surface area (Å²) in [7, 11) is 0. The highest BCUT2D eigenvalue weighted by atomic mass is 16.6. The van der Waals surface area contributed by atoms with Crippen LogP contribution in [-0.2, 0) is 0 Å². The normalized spacial score (nSPS) is 14.2. The average molecular weight is 340 g/mol. The van der Waals surface area contributed by atoms with Gasteiger partial charge in [0.25, 0.3) is 5.69 Å². The molecule has 1 aliphatic heterocycles. The number of carbonyl (C=O) groups is 1. The lowest BCUT2D eigenvalue weighted by atomic mass is 10.1. The first-order valence-corrected chi connectivity index (χ1v) is 8.37. The molecule has 0 N–H and O–H groups in total. The molecule has 0 spiro atoms. The summed E-state index contributed by atoms with van der Waals surface area (Å²) >= 11 is 0. The fraction of sp³-hybridized carbons (Fsp3) is 0.316. The summed E-state index contributed by atoms with van der Waals surface area (Å²) < 4.78 is 5.33. The number of nitro groups is 1. The Morgan fingerprint density at radius 2 is 1.88 bits per heavy atom. The number of esters is 1. The fourth-order valence-electron chi connectivity index (χ4n) is 3.04. The predicted molar refractivity (Wildman–Crippen MR) is 95.3 cm³/mol. The quantitative estimate of drug-likeness (QED) is 0.362. The molecule has 0 saturated carbocycles. The van der Waals surface area contributed by atoms with Crippen molar-refractivity contribution < 1.29 is 14.5 Å². The highest BCUT2D eigenvalue weighted by Crippen LogP contribution is 2.31. The first kappa shape index (κ1) is 17.0. The van der Waals surface area contributed by atoms with Crippen LogP contribution in [0.5, 0.6) is 5.75 Å². The van der Waals surface area contributed by atoms with E-state index in [0.717, 1.165) is 37.9 Å². The zero-order valence-corrected chi connectivity index (χ0v) is 14.1. The molecule has 6 heteroatoms. The molecule has 0 unspecified atom stereocenters. The van der Waals surface area contributed by atoms with Crippen LogP contribution in [0.2, 0.25) is 0 Å². The van der Waals surface area contributed by atoms with Crippen LogP contribution in [-0.4, -0.2) is 24.0 Å². The lowest BCUT2D eigenvalue weighted by molar-refractivity contribution is -0.384. The van der Waals surface area contributed by atoms with Crippen LogP contribution in [0.3, 0.4) is 0 Å². The molecule has 0 aliphatic carbocycles. The third kappa shape index (κ3) is 3.96. The van der Waals surface area contributed by atoms with Crippen molar-refractivity contribution in [2.75, 3.05) is 18.0 Å². The van der Waals surface area contributed by atoms with E-state index in [0.29, 0.717) is 11.4 Å². The second-order valence-corrected chi connectivity index (χ2v) is 6.21. The Kier molecular flexibility index (Phi) is 4.97. The molecule has 25 heavy (non-hydrogen) atoms. The third-order valence-electron chi connectivity index (χ3n) is 4.30. The number of nitro benzene ring substituents is 1.